The van der Waals surface area contributed by atoms with Gasteiger partial charge in [0.1, 0.15) is 18.0 Å². The lowest BCUT2D eigenvalue weighted by Crippen LogP contribution is -2.37. The molecule has 0 bridgehead atoms. The molecule has 0 amide bonds. The first-order valence-electron chi connectivity index (χ1n) is 5.93. The first kappa shape index (κ1) is 17.0. The Labute approximate surface area is 113 Å². The molecule has 2 unspecified atom stereocenters. The van der Waals surface area contributed by atoms with Crippen molar-refractivity contribution in [3.05, 3.63) is 0 Å². The Kier molecular flexibility index (Phi) is 8.45. The van der Waals surface area contributed by atoms with Gasteiger partial charge in [-0.2, -0.15) is 12.6 Å². The number of rotatable bonds is 8. The third kappa shape index (κ3) is 6.64. The summed E-state index contributed by atoms with van der Waals surface area (Å²) in [7, 11) is 0. The van der Waals surface area contributed by atoms with Crippen LogP contribution in [-0.2, 0) is 23.9 Å². The van der Waals surface area contributed by atoms with E-state index >= 15 is 0 Å². The second kappa shape index (κ2) is 8.97. The number of thiol groups is 1. The topological polar surface area (TPSA) is 69.7 Å². The number of carbonyl (C=O) groups is 3. The maximum Gasteiger partial charge on any atom is 0.305 e. The van der Waals surface area contributed by atoms with Crippen LogP contribution in [0.3, 0.4) is 0 Å². The molecular formula is C12H20O5S. The minimum absolute atomic E-state index is 0.0218. The van der Waals surface area contributed by atoms with Gasteiger partial charge in [0.25, 0.3) is 0 Å². The zero-order chi connectivity index (χ0) is 14.1. The first-order chi connectivity index (χ1) is 8.44. The van der Waals surface area contributed by atoms with E-state index in [9.17, 15) is 14.4 Å². The van der Waals surface area contributed by atoms with Gasteiger partial charge in [-0.05, 0) is 6.92 Å². The lowest BCUT2D eigenvalue weighted by Gasteiger charge is -2.25. The number of hydrogen-bond acceptors (Lipinski definition) is 6. The van der Waals surface area contributed by atoms with Crippen molar-refractivity contribution in [2.24, 2.45) is 0 Å². The number of ketones is 1. The van der Waals surface area contributed by atoms with Crippen LogP contribution in [-0.4, -0.2) is 35.7 Å². The summed E-state index contributed by atoms with van der Waals surface area (Å²) in [6.07, 6.45) is -1.01. The summed E-state index contributed by atoms with van der Waals surface area (Å²) >= 11 is 4.06. The maximum atomic E-state index is 11.3. The highest BCUT2D eigenvalue weighted by Crippen LogP contribution is 2.13. The van der Waals surface area contributed by atoms with Crippen LogP contribution in [0.1, 0.15) is 40.0 Å². The second-order valence-electron chi connectivity index (χ2n) is 3.85. The van der Waals surface area contributed by atoms with E-state index in [0.717, 1.165) is 0 Å². The van der Waals surface area contributed by atoms with E-state index in [1.165, 1.54) is 6.92 Å². The summed E-state index contributed by atoms with van der Waals surface area (Å²) in [6, 6.07) is 0. The summed E-state index contributed by atoms with van der Waals surface area (Å²) in [5, 5.41) is 0. The Balaban J connectivity index is 4.70. The van der Waals surface area contributed by atoms with Crippen molar-refractivity contribution < 1.29 is 23.9 Å². The van der Waals surface area contributed by atoms with E-state index in [4.69, 9.17) is 9.47 Å². The molecule has 0 saturated carbocycles. The van der Waals surface area contributed by atoms with Crippen LogP contribution in [0.4, 0.5) is 0 Å². The molecule has 0 spiro atoms. The normalized spacial score (nSPS) is 13.6. The lowest BCUT2D eigenvalue weighted by atomic mass is 10.1. The van der Waals surface area contributed by atoms with Crippen LogP contribution in [0, 0.1) is 0 Å². The highest BCUT2D eigenvalue weighted by Gasteiger charge is 2.28. The summed E-state index contributed by atoms with van der Waals surface area (Å²) < 4.78 is 10.2. The number of hydrogen-bond donors (Lipinski definition) is 1. The third-order valence-corrected chi connectivity index (χ3v) is 2.59. The van der Waals surface area contributed by atoms with Gasteiger partial charge in [-0.3, -0.25) is 14.4 Å². The molecular weight excluding hydrogens is 256 g/mol. The Morgan fingerprint density at radius 3 is 1.78 bits per heavy atom. The van der Waals surface area contributed by atoms with Crippen molar-refractivity contribution in [1.29, 1.82) is 0 Å². The van der Waals surface area contributed by atoms with Crippen molar-refractivity contribution in [2.75, 3.05) is 5.75 Å². The average molecular weight is 276 g/mol. The molecule has 0 fully saturated rings. The van der Waals surface area contributed by atoms with Gasteiger partial charge in [-0.25, -0.2) is 0 Å². The SMILES string of the molecule is CCC(=O)OC(CS)C(CC(C)=O)OC(=O)CC. The molecule has 0 radical (unpaired) electrons. The molecule has 0 aliphatic heterocycles. The fourth-order valence-corrected chi connectivity index (χ4v) is 1.58. The van der Waals surface area contributed by atoms with Crippen molar-refractivity contribution >= 4 is 30.4 Å². The van der Waals surface area contributed by atoms with E-state index in [1.54, 1.807) is 13.8 Å². The van der Waals surface area contributed by atoms with Gasteiger partial charge in [0, 0.05) is 25.0 Å². The summed E-state index contributed by atoms with van der Waals surface area (Å²) in [6.45, 7) is 4.71. The van der Waals surface area contributed by atoms with Crippen LogP contribution in [0.25, 0.3) is 0 Å². The highest BCUT2D eigenvalue weighted by atomic mass is 32.1. The summed E-state index contributed by atoms with van der Waals surface area (Å²) in [5.41, 5.74) is 0. The zero-order valence-corrected chi connectivity index (χ0v) is 11.9. The summed E-state index contributed by atoms with van der Waals surface area (Å²) in [5.74, 6) is -0.778. The minimum atomic E-state index is -0.761. The van der Waals surface area contributed by atoms with Crippen LogP contribution < -0.4 is 0 Å². The highest BCUT2D eigenvalue weighted by molar-refractivity contribution is 7.80. The largest absolute Gasteiger partial charge is 0.458 e. The molecule has 5 nitrogen and oxygen atoms in total. The quantitative estimate of drug-likeness (QED) is 0.538. The molecule has 0 aliphatic carbocycles. The Morgan fingerprint density at radius 1 is 1.00 bits per heavy atom. The molecule has 2 atom stereocenters. The van der Waals surface area contributed by atoms with E-state index in [1.807, 2.05) is 0 Å². The predicted molar refractivity (Wildman–Crippen MR) is 69.5 cm³/mol. The Hall–Kier alpha value is -1.04. The van der Waals surface area contributed by atoms with E-state index in [-0.39, 0.29) is 30.8 Å². The second-order valence-corrected chi connectivity index (χ2v) is 4.22. The molecule has 6 heteroatoms. The van der Waals surface area contributed by atoms with Gasteiger partial charge in [-0.1, -0.05) is 13.8 Å². The van der Waals surface area contributed by atoms with Crippen LogP contribution in [0.15, 0.2) is 0 Å². The molecule has 104 valence electrons. The number of esters is 2. The van der Waals surface area contributed by atoms with Crippen LogP contribution >= 0.6 is 12.6 Å². The van der Waals surface area contributed by atoms with Crippen LogP contribution in [0.5, 0.6) is 0 Å². The smallest absolute Gasteiger partial charge is 0.305 e. The van der Waals surface area contributed by atoms with Gasteiger partial charge in [-0.15, -0.1) is 0 Å². The fraction of sp³-hybridized carbons (Fsp3) is 0.750. The Bertz CT molecular complexity index is 303. The molecule has 0 rings (SSSR count). The van der Waals surface area contributed by atoms with Gasteiger partial charge in [0.15, 0.2) is 0 Å². The molecule has 18 heavy (non-hydrogen) atoms. The molecule has 0 aliphatic rings. The van der Waals surface area contributed by atoms with Gasteiger partial charge >= 0.3 is 11.9 Å². The van der Waals surface area contributed by atoms with Crippen molar-refractivity contribution in [1.82, 2.24) is 0 Å². The maximum absolute atomic E-state index is 11.3. The molecule has 0 aromatic rings. The van der Waals surface area contributed by atoms with E-state index in [0.29, 0.717) is 0 Å². The standard InChI is InChI=1S/C12H20O5S/c1-4-11(14)16-9(6-8(3)13)10(7-18)17-12(15)5-2/h9-10,18H,4-7H2,1-3H3. The molecule has 0 aromatic heterocycles. The van der Waals surface area contributed by atoms with Crippen molar-refractivity contribution in [3.8, 4) is 0 Å². The number of ether oxygens (including phenoxy) is 2. The zero-order valence-electron chi connectivity index (χ0n) is 11.0. The molecule has 0 saturated heterocycles. The number of Topliss-reactive ketones (excluding diaryl/α,β-unsaturated/α-hetero) is 1. The lowest BCUT2D eigenvalue weighted by molar-refractivity contribution is -0.167. The molecule has 0 heterocycles. The van der Waals surface area contributed by atoms with E-state index in [2.05, 4.69) is 12.6 Å². The summed E-state index contributed by atoms with van der Waals surface area (Å²) in [4.78, 5) is 33.7. The van der Waals surface area contributed by atoms with Crippen molar-refractivity contribution in [2.45, 2.75) is 52.2 Å². The predicted octanol–water partition coefficient (Wildman–Crippen LogP) is 1.54. The van der Waals surface area contributed by atoms with Crippen molar-refractivity contribution in [3.63, 3.8) is 0 Å². The molecule has 0 N–H and O–H groups in total. The van der Waals surface area contributed by atoms with Gasteiger partial charge in [0.2, 0.25) is 0 Å². The number of carbonyl (C=O) groups excluding carboxylic acids is 3. The average Bonchev–Trinajstić information content (AvgIpc) is 2.33. The van der Waals surface area contributed by atoms with Crippen LogP contribution in [0.2, 0.25) is 0 Å². The third-order valence-electron chi connectivity index (χ3n) is 2.23. The van der Waals surface area contributed by atoms with Gasteiger partial charge < -0.3 is 9.47 Å². The van der Waals surface area contributed by atoms with Gasteiger partial charge in [0.05, 0.1) is 0 Å². The van der Waals surface area contributed by atoms with E-state index < -0.39 is 24.1 Å². The minimum Gasteiger partial charge on any atom is -0.458 e. The monoisotopic (exact) mass is 276 g/mol. The Morgan fingerprint density at radius 2 is 1.44 bits per heavy atom. The molecule has 0 aromatic carbocycles. The first-order valence-corrected chi connectivity index (χ1v) is 6.57. The fourth-order valence-electron chi connectivity index (χ4n) is 1.27.